The number of H-pyrrole nitrogens is 1. The molecule has 0 aliphatic heterocycles. The van der Waals surface area contributed by atoms with Gasteiger partial charge in [-0.1, -0.05) is 20.8 Å². The zero-order valence-electron chi connectivity index (χ0n) is 11.2. The smallest absolute Gasteiger partial charge is 0.0495 e. The largest absolute Gasteiger partial charge is 0.361 e. The van der Waals surface area contributed by atoms with E-state index in [4.69, 9.17) is 0 Å². The summed E-state index contributed by atoms with van der Waals surface area (Å²) in [6, 6.07) is 2.25. The molecule has 1 aliphatic rings. The van der Waals surface area contributed by atoms with Crippen molar-refractivity contribution in [3.05, 3.63) is 34.5 Å². The molecule has 0 unspecified atom stereocenters. The maximum atomic E-state index is 3.47. The van der Waals surface area contributed by atoms with Gasteiger partial charge in [-0.3, -0.25) is 0 Å². The highest BCUT2D eigenvalue weighted by atomic mass is 14.7. The van der Waals surface area contributed by atoms with Crippen LogP contribution in [0.15, 0.2) is 12.3 Å². The van der Waals surface area contributed by atoms with Gasteiger partial charge in [-0.2, -0.15) is 0 Å². The van der Waals surface area contributed by atoms with Gasteiger partial charge in [-0.15, -0.1) is 0 Å². The Balaban J connectivity index is 2.46. The van der Waals surface area contributed by atoms with Crippen molar-refractivity contribution in [2.45, 2.75) is 52.4 Å². The fraction of sp³-hybridized carbons (Fsp3) is 0.500. The molecule has 0 bridgehead atoms. The summed E-state index contributed by atoms with van der Waals surface area (Å²) in [5.74, 6) is 1.42. The van der Waals surface area contributed by atoms with Crippen LogP contribution in [0.3, 0.4) is 0 Å². The van der Waals surface area contributed by atoms with Gasteiger partial charge in [0.1, 0.15) is 0 Å². The average Bonchev–Trinajstić information content (AvgIpc) is 2.84. The summed E-state index contributed by atoms with van der Waals surface area (Å²) < 4.78 is 0. The molecular weight excluding hydrogens is 206 g/mol. The van der Waals surface area contributed by atoms with Gasteiger partial charge in [-0.25, -0.2) is 0 Å². The number of aromatic nitrogens is 1. The van der Waals surface area contributed by atoms with Crippen LogP contribution in [0.4, 0.5) is 0 Å². The lowest BCUT2D eigenvalue weighted by molar-refractivity contribution is 0.661. The summed E-state index contributed by atoms with van der Waals surface area (Å²) in [6.07, 6.45) is 4.53. The van der Waals surface area contributed by atoms with Crippen LogP contribution < -0.4 is 0 Å². The van der Waals surface area contributed by atoms with Gasteiger partial charge < -0.3 is 4.98 Å². The van der Waals surface area contributed by atoms with Crippen LogP contribution in [0.1, 0.15) is 61.3 Å². The molecule has 0 spiro atoms. The second-order valence-corrected chi connectivity index (χ2v) is 5.59. The van der Waals surface area contributed by atoms with Crippen LogP contribution in [0.5, 0.6) is 0 Å². The maximum absolute atomic E-state index is 3.47. The molecule has 0 fully saturated rings. The third-order valence-electron chi connectivity index (χ3n) is 4.53. The van der Waals surface area contributed by atoms with E-state index in [1.165, 1.54) is 17.3 Å². The molecule has 1 aliphatic carbocycles. The number of aromatic amines is 1. The topological polar surface area (TPSA) is 15.8 Å². The molecule has 0 radical (unpaired) electrons. The Labute approximate surface area is 103 Å². The number of aryl methyl sites for hydroxylation is 1. The lowest BCUT2D eigenvalue weighted by Gasteiger charge is -2.16. The van der Waals surface area contributed by atoms with Gasteiger partial charge in [0.05, 0.1) is 0 Å². The van der Waals surface area contributed by atoms with Gasteiger partial charge in [-0.05, 0) is 59.9 Å². The predicted molar refractivity (Wildman–Crippen MR) is 73.9 cm³/mol. The van der Waals surface area contributed by atoms with E-state index in [1.807, 2.05) is 0 Å². The average molecular weight is 227 g/mol. The van der Waals surface area contributed by atoms with E-state index in [2.05, 4.69) is 44.9 Å². The number of hydrogen-bond acceptors (Lipinski definition) is 0. The fourth-order valence-corrected chi connectivity index (χ4v) is 3.91. The highest BCUT2D eigenvalue weighted by Crippen LogP contribution is 2.47. The summed E-state index contributed by atoms with van der Waals surface area (Å²) in [7, 11) is 0. The van der Waals surface area contributed by atoms with Crippen molar-refractivity contribution >= 4 is 10.9 Å². The van der Waals surface area contributed by atoms with Gasteiger partial charge in [0.15, 0.2) is 0 Å². The summed E-state index contributed by atoms with van der Waals surface area (Å²) in [6.45, 7) is 9.33. The maximum Gasteiger partial charge on any atom is 0.0495 e. The molecule has 2 atom stereocenters. The van der Waals surface area contributed by atoms with E-state index in [0.717, 1.165) is 12.3 Å². The van der Waals surface area contributed by atoms with Crippen molar-refractivity contribution in [3.8, 4) is 0 Å². The third-order valence-corrected chi connectivity index (χ3v) is 4.53. The van der Waals surface area contributed by atoms with Crippen molar-refractivity contribution < 1.29 is 0 Å². The molecule has 1 heteroatoms. The van der Waals surface area contributed by atoms with Gasteiger partial charge in [0.25, 0.3) is 0 Å². The van der Waals surface area contributed by atoms with Crippen molar-refractivity contribution in [2.75, 3.05) is 0 Å². The molecule has 17 heavy (non-hydrogen) atoms. The van der Waals surface area contributed by atoms with Crippen LogP contribution >= 0.6 is 0 Å². The fourth-order valence-electron chi connectivity index (χ4n) is 3.91. The van der Waals surface area contributed by atoms with Crippen molar-refractivity contribution in [2.24, 2.45) is 0 Å². The normalized spacial score (nSPS) is 23.3. The zero-order chi connectivity index (χ0) is 12.2. The molecule has 90 valence electrons. The standard InChI is InChI=1S/C16H21N/c1-5-12-11(4)14-9(2)8-10(3)15(14)16-13(12)6-7-17-16/h6-7,9-10,17H,5,8H2,1-4H3/t9-,10+/m1/s1. The third kappa shape index (κ3) is 1.31. The minimum atomic E-state index is 0.700. The molecule has 1 N–H and O–H groups in total. The monoisotopic (exact) mass is 227 g/mol. The van der Waals surface area contributed by atoms with Crippen LogP contribution in [-0.4, -0.2) is 4.98 Å². The van der Waals surface area contributed by atoms with Crippen LogP contribution in [0.2, 0.25) is 0 Å². The Bertz CT molecular complexity index is 577. The highest BCUT2D eigenvalue weighted by molar-refractivity contribution is 5.89. The lowest BCUT2D eigenvalue weighted by atomic mass is 9.89. The Morgan fingerprint density at radius 2 is 1.94 bits per heavy atom. The van der Waals surface area contributed by atoms with Crippen LogP contribution in [0, 0.1) is 6.92 Å². The lowest BCUT2D eigenvalue weighted by Crippen LogP contribution is -1.99. The Hall–Kier alpha value is -1.24. The molecule has 2 aromatic rings. The zero-order valence-corrected chi connectivity index (χ0v) is 11.2. The summed E-state index contributed by atoms with van der Waals surface area (Å²) in [5.41, 5.74) is 7.71. The SMILES string of the molecule is CCc1c(C)c2c(c3[nH]ccc13)[C@@H](C)C[C@H]2C. The molecule has 1 aromatic heterocycles. The van der Waals surface area contributed by atoms with Gasteiger partial charge in [0.2, 0.25) is 0 Å². The van der Waals surface area contributed by atoms with Gasteiger partial charge in [0, 0.05) is 17.1 Å². The van der Waals surface area contributed by atoms with Crippen molar-refractivity contribution in [1.29, 1.82) is 0 Å². The number of benzene rings is 1. The first-order valence-electron chi connectivity index (χ1n) is 6.77. The Kier molecular flexibility index (Phi) is 2.32. The predicted octanol–water partition coefficient (Wildman–Crippen LogP) is 4.65. The summed E-state index contributed by atoms with van der Waals surface area (Å²) >= 11 is 0. The van der Waals surface area contributed by atoms with E-state index in [1.54, 1.807) is 22.3 Å². The summed E-state index contributed by atoms with van der Waals surface area (Å²) in [5, 5.41) is 1.45. The molecule has 0 saturated heterocycles. The van der Waals surface area contributed by atoms with E-state index in [-0.39, 0.29) is 0 Å². The number of rotatable bonds is 1. The molecular formula is C16H21N. The molecule has 1 heterocycles. The highest BCUT2D eigenvalue weighted by Gasteiger charge is 2.30. The second-order valence-electron chi connectivity index (χ2n) is 5.59. The second kappa shape index (κ2) is 3.63. The quantitative estimate of drug-likeness (QED) is 0.730. The summed E-state index contributed by atoms with van der Waals surface area (Å²) in [4.78, 5) is 3.47. The van der Waals surface area contributed by atoms with Gasteiger partial charge >= 0.3 is 0 Å². The molecule has 0 saturated carbocycles. The number of fused-ring (bicyclic) bond motifs is 3. The van der Waals surface area contributed by atoms with Crippen LogP contribution in [0.25, 0.3) is 10.9 Å². The Morgan fingerprint density at radius 1 is 1.24 bits per heavy atom. The van der Waals surface area contributed by atoms with E-state index in [9.17, 15) is 0 Å². The van der Waals surface area contributed by atoms with E-state index < -0.39 is 0 Å². The number of nitrogens with one attached hydrogen (secondary N) is 1. The van der Waals surface area contributed by atoms with Crippen molar-refractivity contribution in [1.82, 2.24) is 4.98 Å². The van der Waals surface area contributed by atoms with E-state index >= 15 is 0 Å². The van der Waals surface area contributed by atoms with E-state index in [0.29, 0.717) is 5.92 Å². The Morgan fingerprint density at radius 3 is 2.65 bits per heavy atom. The molecule has 0 amide bonds. The first-order chi connectivity index (χ1) is 8.15. The first-order valence-corrected chi connectivity index (χ1v) is 6.77. The minimum absolute atomic E-state index is 0.700. The van der Waals surface area contributed by atoms with Crippen molar-refractivity contribution in [3.63, 3.8) is 0 Å². The molecule has 1 nitrogen and oxygen atoms in total. The molecule has 3 rings (SSSR count). The first kappa shape index (κ1) is 10.9. The minimum Gasteiger partial charge on any atom is -0.361 e. The molecule has 1 aromatic carbocycles. The van der Waals surface area contributed by atoms with Crippen LogP contribution in [-0.2, 0) is 6.42 Å². The number of hydrogen-bond donors (Lipinski definition) is 1.